The first-order valence-electron chi connectivity index (χ1n) is 5.38. The van der Waals surface area contributed by atoms with Crippen molar-refractivity contribution >= 4 is 15.8 Å². The molecule has 0 atom stereocenters. The molecule has 0 saturated heterocycles. The molecule has 3 N–H and O–H groups in total. The lowest BCUT2D eigenvalue weighted by atomic mass is 10.5. The average Bonchev–Trinajstić information content (AvgIpc) is 2.91. The van der Waals surface area contributed by atoms with E-state index in [0.717, 1.165) is 19.3 Å². The molecular formula is C9H16N4O2S. The molecule has 6 nitrogen and oxygen atoms in total. The lowest BCUT2D eigenvalue weighted by Gasteiger charge is -2.05. The van der Waals surface area contributed by atoms with Gasteiger partial charge in [-0.2, -0.15) is 5.10 Å². The van der Waals surface area contributed by atoms with Crippen LogP contribution in [0.25, 0.3) is 0 Å². The summed E-state index contributed by atoms with van der Waals surface area (Å²) in [6, 6.07) is 0.0823. The van der Waals surface area contributed by atoms with Gasteiger partial charge in [0.1, 0.15) is 10.7 Å². The van der Waals surface area contributed by atoms with Crippen molar-refractivity contribution in [1.29, 1.82) is 0 Å². The molecule has 0 aromatic carbocycles. The maximum Gasteiger partial charge on any atom is 0.246 e. The number of hydrogen-bond donors (Lipinski definition) is 2. The van der Waals surface area contributed by atoms with Gasteiger partial charge in [0.15, 0.2) is 0 Å². The van der Waals surface area contributed by atoms with Crippen molar-refractivity contribution in [3.05, 3.63) is 6.20 Å². The lowest BCUT2D eigenvalue weighted by Crippen LogP contribution is -2.26. The Morgan fingerprint density at radius 2 is 2.31 bits per heavy atom. The van der Waals surface area contributed by atoms with E-state index in [2.05, 4.69) is 9.82 Å². The second-order valence-electron chi connectivity index (χ2n) is 4.01. The highest BCUT2D eigenvalue weighted by atomic mass is 32.2. The van der Waals surface area contributed by atoms with Crippen molar-refractivity contribution in [3.8, 4) is 0 Å². The molecule has 1 aliphatic rings. The Morgan fingerprint density at radius 3 is 2.88 bits per heavy atom. The quantitative estimate of drug-likeness (QED) is 0.780. The molecule has 2 rings (SSSR count). The summed E-state index contributed by atoms with van der Waals surface area (Å²) in [5.74, 6) is 0.218. The smallest absolute Gasteiger partial charge is 0.246 e. The monoisotopic (exact) mass is 244 g/mol. The number of nitrogens with zero attached hydrogens (tertiary/aromatic N) is 2. The first-order chi connectivity index (χ1) is 7.54. The molecule has 7 heteroatoms. The van der Waals surface area contributed by atoms with Crippen molar-refractivity contribution in [1.82, 2.24) is 14.5 Å². The molecule has 0 radical (unpaired) electrons. The van der Waals surface area contributed by atoms with Crippen molar-refractivity contribution < 1.29 is 8.42 Å². The zero-order chi connectivity index (χ0) is 11.8. The molecule has 0 unspecified atom stereocenters. The van der Waals surface area contributed by atoms with Crippen LogP contribution in [0.4, 0.5) is 5.82 Å². The van der Waals surface area contributed by atoms with Crippen LogP contribution in [0.2, 0.25) is 0 Å². The van der Waals surface area contributed by atoms with Gasteiger partial charge in [-0.3, -0.25) is 0 Å². The third-order valence-electron chi connectivity index (χ3n) is 2.47. The van der Waals surface area contributed by atoms with Gasteiger partial charge >= 0.3 is 0 Å². The Balaban J connectivity index is 2.25. The zero-order valence-electron chi connectivity index (χ0n) is 9.18. The topological polar surface area (TPSA) is 90.0 Å². The first kappa shape index (κ1) is 11.4. The molecule has 1 fully saturated rings. The van der Waals surface area contributed by atoms with Gasteiger partial charge in [0.25, 0.3) is 0 Å². The predicted molar refractivity (Wildman–Crippen MR) is 60.3 cm³/mol. The largest absolute Gasteiger partial charge is 0.383 e. The van der Waals surface area contributed by atoms with Crippen LogP contribution in [0.5, 0.6) is 0 Å². The Bertz CT molecular complexity index is 476. The zero-order valence-corrected chi connectivity index (χ0v) is 10.00. The van der Waals surface area contributed by atoms with Crippen LogP contribution in [0.15, 0.2) is 11.1 Å². The Kier molecular flexibility index (Phi) is 2.90. The van der Waals surface area contributed by atoms with Gasteiger partial charge in [0.05, 0.1) is 6.20 Å². The van der Waals surface area contributed by atoms with Crippen LogP contribution < -0.4 is 10.5 Å². The average molecular weight is 244 g/mol. The lowest BCUT2D eigenvalue weighted by molar-refractivity contribution is 0.580. The van der Waals surface area contributed by atoms with E-state index in [9.17, 15) is 8.42 Å². The third-order valence-corrected chi connectivity index (χ3v) is 4.01. The molecule has 1 aromatic heterocycles. The second kappa shape index (κ2) is 4.06. The summed E-state index contributed by atoms with van der Waals surface area (Å²) in [6.45, 7) is 2.61. The molecule has 1 saturated carbocycles. The minimum absolute atomic E-state index is 0.0823. The highest BCUT2D eigenvalue weighted by Gasteiger charge is 2.30. The standard InChI is InChI=1S/C9H16N4O2S/c1-2-5-13-9(10)8(6-11-13)16(14,15)12-7-3-4-7/h6-7,12H,2-5,10H2,1H3. The molecule has 0 spiro atoms. The van der Waals surface area contributed by atoms with Gasteiger partial charge in [0.2, 0.25) is 10.0 Å². The third kappa shape index (κ3) is 2.19. The van der Waals surface area contributed by atoms with E-state index >= 15 is 0 Å². The second-order valence-corrected chi connectivity index (χ2v) is 5.70. The minimum Gasteiger partial charge on any atom is -0.383 e. The number of aromatic nitrogens is 2. The molecule has 16 heavy (non-hydrogen) atoms. The van der Waals surface area contributed by atoms with Gasteiger partial charge in [-0.05, 0) is 19.3 Å². The normalized spacial score (nSPS) is 16.6. The van der Waals surface area contributed by atoms with Gasteiger partial charge in [0, 0.05) is 12.6 Å². The Morgan fingerprint density at radius 1 is 1.62 bits per heavy atom. The highest BCUT2D eigenvalue weighted by Crippen LogP contribution is 2.24. The van der Waals surface area contributed by atoms with Crippen LogP contribution in [-0.2, 0) is 16.6 Å². The molecule has 0 bridgehead atoms. The van der Waals surface area contributed by atoms with Crippen molar-refractivity contribution in [3.63, 3.8) is 0 Å². The van der Waals surface area contributed by atoms with Crippen LogP contribution >= 0.6 is 0 Å². The maximum absolute atomic E-state index is 11.9. The molecule has 1 heterocycles. The molecule has 0 amide bonds. The highest BCUT2D eigenvalue weighted by molar-refractivity contribution is 7.89. The van der Waals surface area contributed by atoms with E-state index in [1.807, 2.05) is 6.92 Å². The molecule has 1 aromatic rings. The summed E-state index contributed by atoms with van der Waals surface area (Å²) in [4.78, 5) is 0.0906. The van der Waals surface area contributed by atoms with E-state index in [1.54, 1.807) is 0 Å². The van der Waals surface area contributed by atoms with Gasteiger partial charge in [-0.15, -0.1) is 0 Å². The summed E-state index contributed by atoms with van der Waals surface area (Å²) >= 11 is 0. The van der Waals surface area contributed by atoms with E-state index in [4.69, 9.17) is 5.73 Å². The maximum atomic E-state index is 11.9. The number of nitrogen functional groups attached to an aromatic ring is 1. The number of hydrogen-bond acceptors (Lipinski definition) is 4. The molecule has 1 aliphatic carbocycles. The van der Waals surface area contributed by atoms with E-state index < -0.39 is 10.0 Å². The minimum atomic E-state index is -3.48. The fraction of sp³-hybridized carbons (Fsp3) is 0.667. The van der Waals surface area contributed by atoms with Crippen LogP contribution in [-0.4, -0.2) is 24.2 Å². The van der Waals surface area contributed by atoms with Gasteiger partial charge in [-0.25, -0.2) is 17.8 Å². The van der Waals surface area contributed by atoms with Crippen LogP contribution in [0, 0.1) is 0 Å². The summed E-state index contributed by atoms with van der Waals surface area (Å²) < 4.78 is 27.9. The van der Waals surface area contributed by atoms with Crippen molar-refractivity contribution in [2.24, 2.45) is 0 Å². The number of aryl methyl sites for hydroxylation is 1. The van der Waals surface area contributed by atoms with E-state index in [0.29, 0.717) is 6.54 Å². The van der Waals surface area contributed by atoms with E-state index in [-0.39, 0.29) is 16.8 Å². The summed E-state index contributed by atoms with van der Waals surface area (Å²) in [6.07, 6.45) is 3.99. The van der Waals surface area contributed by atoms with Crippen LogP contribution in [0.1, 0.15) is 26.2 Å². The molecule has 0 aliphatic heterocycles. The van der Waals surface area contributed by atoms with Crippen LogP contribution in [0.3, 0.4) is 0 Å². The number of rotatable bonds is 5. The Hall–Kier alpha value is -1.08. The van der Waals surface area contributed by atoms with E-state index in [1.165, 1.54) is 10.9 Å². The summed E-state index contributed by atoms with van der Waals surface area (Å²) in [7, 11) is -3.48. The summed E-state index contributed by atoms with van der Waals surface area (Å²) in [5, 5.41) is 3.97. The molecular weight excluding hydrogens is 228 g/mol. The van der Waals surface area contributed by atoms with Gasteiger partial charge in [-0.1, -0.05) is 6.92 Å². The predicted octanol–water partition coefficient (Wildman–Crippen LogP) is 0.316. The fourth-order valence-electron chi connectivity index (χ4n) is 1.46. The van der Waals surface area contributed by atoms with Crippen molar-refractivity contribution in [2.75, 3.05) is 5.73 Å². The Labute approximate surface area is 94.9 Å². The number of sulfonamides is 1. The number of nitrogens with two attached hydrogens (primary N) is 1. The molecule has 90 valence electrons. The first-order valence-corrected chi connectivity index (χ1v) is 6.86. The SMILES string of the molecule is CCCn1ncc(S(=O)(=O)NC2CC2)c1N. The summed E-state index contributed by atoms with van der Waals surface area (Å²) in [5.41, 5.74) is 5.75. The number of anilines is 1. The van der Waals surface area contributed by atoms with Crippen molar-refractivity contribution in [2.45, 2.75) is 43.7 Å². The fourth-order valence-corrected chi connectivity index (χ4v) is 2.83. The number of nitrogens with one attached hydrogen (secondary N) is 1. The van der Waals surface area contributed by atoms with Gasteiger partial charge < -0.3 is 5.73 Å².